The molecule has 0 radical (unpaired) electrons. The molecule has 1 saturated heterocycles. The van der Waals surface area contributed by atoms with E-state index < -0.39 is 6.17 Å². The van der Waals surface area contributed by atoms with Crippen LogP contribution in [0.2, 0.25) is 5.02 Å². The number of hydrogen-bond acceptors (Lipinski definition) is 4. The van der Waals surface area contributed by atoms with E-state index in [2.05, 4.69) is 0 Å². The molecule has 1 aliphatic heterocycles. The molecule has 1 aromatic carbocycles. The van der Waals surface area contributed by atoms with Crippen molar-refractivity contribution < 1.29 is 19.0 Å². The van der Waals surface area contributed by atoms with Crippen molar-refractivity contribution in [2.75, 3.05) is 27.4 Å². The maximum absolute atomic E-state index is 13.4. The molecule has 4 nitrogen and oxygen atoms in total. The van der Waals surface area contributed by atoms with E-state index in [1.54, 1.807) is 13.2 Å². The van der Waals surface area contributed by atoms with Crippen molar-refractivity contribution in [3.8, 4) is 11.5 Å². The van der Waals surface area contributed by atoms with Crippen LogP contribution in [0.25, 0.3) is 0 Å². The van der Waals surface area contributed by atoms with E-state index >= 15 is 0 Å². The van der Waals surface area contributed by atoms with Gasteiger partial charge >= 0.3 is 0 Å². The van der Waals surface area contributed by atoms with Gasteiger partial charge in [0.05, 0.1) is 25.8 Å². The Bertz CT molecular complexity index is 472. The quantitative estimate of drug-likeness (QED) is 0.906. The van der Waals surface area contributed by atoms with Gasteiger partial charge in [-0.1, -0.05) is 17.7 Å². The van der Waals surface area contributed by atoms with Crippen molar-refractivity contribution in [1.29, 1.82) is 0 Å². The van der Waals surface area contributed by atoms with E-state index in [1.807, 2.05) is 11.0 Å². The standard InChI is InChI=1S/C14H19ClFNO3/c1-19-12-4-3-9(13(15)14(12)20-2)6-17-7-10(16)5-11(17)8-18/h3-4,10-11,18H,5-8H2,1-2H3/t10-,11-/m0/s1. The lowest BCUT2D eigenvalue weighted by molar-refractivity contribution is 0.153. The fraction of sp³-hybridized carbons (Fsp3) is 0.571. The van der Waals surface area contributed by atoms with Crippen molar-refractivity contribution in [3.05, 3.63) is 22.7 Å². The molecular weight excluding hydrogens is 285 g/mol. The van der Waals surface area contributed by atoms with Crippen molar-refractivity contribution in [2.24, 2.45) is 0 Å². The van der Waals surface area contributed by atoms with Crippen LogP contribution in [0, 0.1) is 0 Å². The molecular formula is C14H19ClFNO3. The Morgan fingerprint density at radius 1 is 1.40 bits per heavy atom. The minimum atomic E-state index is -0.897. The smallest absolute Gasteiger partial charge is 0.179 e. The number of nitrogens with zero attached hydrogens (tertiary/aromatic N) is 1. The molecule has 2 rings (SSSR count). The molecule has 2 atom stereocenters. The second-order valence-corrected chi connectivity index (χ2v) is 5.25. The van der Waals surface area contributed by atoms with E-state index in [0.29, 0.717) is 36.0 Å². The van der Waals surface area contributed by atoms with E-state index in [4.69, 9.17) is 21.1 Å². The van der Waals surface area contributed by atoms with E-state index in [9.17, 15) is 9.50 Å². The topological polar surface area (TPSA) is 41.9 Å². The molecule has 1 N–H and O–H groups in total. The first-order valence-corrected chi connectivity index (χ1v) is 6.86. The Labute approximate surface area is 123 Å². The molecule has 0 unspecified atom stereocenters. The van der Waals surface area contributed by atoms with Crippen molar-refractivity contribution in [2.45, 2.75) is 25.2 Å². The zero-order valence-electron chi connectivity index (χ0n) is 11.6. The largest absolute Gasteiger partial charge is 0.493 e. The van der Waals surface area contributed by atoms with Gasteiger partial charge in [-0.2, -0.15) is 0 Å². The first kappa shape index (κ1) is 15.4. The third-order valence-electron chi connectivity index (χ3n) is 3.63. The molecule has 6 heteroatoms. The highest BCUT2D eigenvalue weighted by molar-refractivity contribution is 6.33. The molecule has 0 saturated carbocycles. The highest BCUT2D eigenvalue weighted by Gasteiger charge is 2.32. The van der Waals surface area contributed by atoms with Crippen LogP contribution in [-0.4, -0.2) is 49.6 Å². The van der Waals surface area contributed by atoms with Crippen LogP contribution in [0.3, 0.4) is 0 Å². The number of alkyl halides is 1. The van der Waals surface area contributed by atoms with Crippen LogP contribution >= 0.6 is 11.6 Å². The average molecular weight is 304 g/mol. The Kier molecular flexibility index (Phi) is 5.07. The number of hydrogen-bond donors (Lipinski definition) is 1. The summed E-state index contributed by atoms with van der Waals surface area (Å²) in [5.41, 5.74) is 0.830. The minimum Gasteiger partial charge on any atom is -0.493 e. The summed E-state index contributed by atoms with van der Waals surface area (Å²) in [6.07, 6.45) is -0.535. The molecule has 0 amide bonds. The van der Waals surface area contributed by atoms with E-state index in [-0.39, 0.29) is 12.6 Å². The molecule has 0 aliphatic carbocycles. The summed E-state index contributed by atoms with van der Waals surface area (Å²) < 4.78 is 23.9. The van der Waals surface area contributed by atoms with Crippen LogP contribution in [0.15, 0.2) is 12.1 Å². The number of halogens is 2. The number of benzene rings is 1. The Morgan fingerprint density at radius 3 is 2.75 bits per heavy atom. The zero-order valence-corrected chi connectivity index (χ0v) is 12.4. The van der Waals surface area contributed by atoms with Crippen LogP contribution in [0.5, 0.6) is 11.5 Å². The summed E-state index contributed by atoms with van der Waals surface area (Å²) in [5.74, 6) is 1.04. The highest BCUT2D eigenvalue weighted by atomic mass is 35.5. The third-order valence-corrected chi connectivity index (χ3v) is 4.04. The number of likely N-dealkylation sites (tertiary alicyclic amines) is 1. The van der Waals surface area contributed by atoms with Gasteiger partial charge in [-0.15, -0.1) is 0 Å². The summed E-state index contributed by atoms with van der Waals surface area (Å²) >= 11 is 6.31. The first-order valence-electron chi connectivity index (χ1n) is 6.49. The second-order valence-electron chi connectivity index (χ2n) is 4.87. The fourth-order valence-electron chi connectivity index (χ4n) is 2.58. The number of aliphatic hydroxyl groups is 1. The predicted molar refractivity (Wildman–Crippen MR) is 75.4 cm³/mol. The normalized spacial score (nSPS) is 23.1. The fourth-order valence-corrected chi connectivity index (χ4v) is 2.87. The summed E-state index contributed by atoms with van der Waals surface area (Å²) in [5, 5.41) is 9.76. The molecule has 20 heavy (non-hydrogen) atoms. The SMILES string of the molecule is COc1ccc(CN2C[C@@H](F)C[C@H]2CO)c(Cl)c1OC. The van der Waals surface area contributed by atoms with Gasteiger partial charge in [0.2, 0.25) is 0 Å². The maximum atomic E-state index is 13.4. The lowest BCUT2D eigenvalue weighted by Gasteiger charge is -2.23. The van der Waals surface area contributed by atoms with Crippen LogP contribution in [0.1, 0.15) is 12.0 Å². The number of methoxy groups -OCH3 is 2. The van der Waals surface area contributed by atoms with E-state index in [1.165, 1.54) is 7.11 Å². The molecule has 1 heterocycles. The Morgan fingerprint density at radius 2 is 2.15 bits per heavy atom. The molecule has 0 aromatic heterocycles. The average Bonchev–Trinajstić information content (AvgIpc) is 2.80. The zero-order chi connectivity index (χ0) is 14.7. The molecule has 112 valence electrons. The second kappa shape index (κ2) is 6.61. The molecule has 1 aliphatic rings. The van der Waals surface area contributed by atoms with Gasteiger partial charge in [0.1, 0.15) is 6.17 Å². The predicted octanol–water partition coefficient (Wildman–Crippen LogP) is 2.26. The van der Waals surface area contributed by atoms with Crippen LogP contribution in [0.4, 0.5) is 4.39 Å². The number of rotatable bonds is 5. The summed E-state index contributed by atoms with van der Waals surface area (Å²) in [4.78, 5) is 1.90. The highest BCUT2D eigenvalue weighted by Crippen LogP contribution is 2.38. The summed E-state index contributed by atoms with van der Waals surface area (Å²) in [7, 11) is 3.07. The summed E-state index contributed by atoms with van der Waals surface area (Å²) in [6.45, 7) is 0.742. The first-order chi connectivity index (χ1) is 9.60. The minimum absolute atomic E-state index is 0.0503. The van der Waals surface area contributed by atoms with Crippen LogP contribution < -0.4 is 9.47 Å². The number of ether oxygens (including phenoxy) is 2. The van der Waals surface area contributed by atoms with Gasteiger partial charge in [0, 0.05) is 19.1 Å². The van der Waals surface area contributed by atoms with Gasteiger partial charge in [0.25, 0.3) is 0 Å². The van der Waals surface area contributed by atoms with Crippen molar-refractivity contribution in [1.82, 2.24) is 4.90 Å². The van der Waals surface area contributed by atoms with Gasteiger partial charge in [0.15, 0.2) is 11.5 Å². The third kappa shape index (κ3) is 3.00. The monoisotopic (exact) mass is 303 g/mol. The van der Waals surface area contributed by atoms with Gasteiger partial charge in [-0.25, -0.2) is 4.39 Å². The van der Waals surface area contributed by atoms with E-state index in [0.717, 1.165) is 5.56 Å². The number of aliphatic hydroxyl groups excluding tert-OH is 1. The molecule has 1 aromatic rings. The molecule has 0 bridgehead atoms. The van der Waals surface area contributed by atoms with Crippen molar-refractivity contribution in [3.63, 3.8) is 0 Å². The van der Waals surface area contributed by atoms with Crippen molar-refractivity contribution >= 4 is 11.6 Å². The van der Waals surface area contributed by atoms with Gasteiger partial charge < -0.3 is 14.6 Å². The Balaban J connectivity index is 2.21. The summed E-state index contributed by atoms with van der Waals surface area (Å²) in [6, 6.07) is 3.45. The lowest BCUT2D eigenvalue weighted by atomic mass is 10.1. The Hall–Kier alpha value is -1.04. The lowest BCUT2D eigenvalue weighted by Crippen LogP contribution is -2.31. The molecule has 1 fully saturated rings. The van der Waals surface area contributed by atoms with Gasteiger partial charge in [-0.05, 0) is 18.1 Å². The molecule has 0 spiro atoms. The van der Waals surface area contributed by atoms with Crippen LogP contribution in [-0.2, 0) is 6.54 Å². The maximum Gasteiger partial charge on any atom is 0.179 e. The van der Waals surface area contributed by atoms with Gasteiger partial charge in [-0.3, -0.25) is 4.90 Å².